The third kappa shape index (κ3) is 3.67. The third-order valence-corrected chi connectivity index (χ3v) is 2.92. The van der Waals surface area contributed by atoms with Crippen LogP contribution in [0.5, 0.6) is 0 Å². The topological polar surface area (TPSA) is 52.6 Å². The number of hydrogen-bond acceptors (Lipinski definition) is 3. The summed E-state index contributed by atoms with van der Waals surface area (Å²) >= 11 is 3.25. The van der Waals surface area contributed by atoms with Crippen molar-refractivity contribution in [3.05, 3.63) is 28.5 Å². The van der Waals surface area contributed by atoms with Crippen molar-refractivity contribution in [3.63, 3.8) is 0 Å². The minimum absolute atomic E-state index is 0.180. The Labute approximate surface area is 108 Å². The van der Waals surface area contributed by atoms with Gasteiger partial charge in [0.1, 0.15) is 11.9 Å². The molecule has 1 unspecified atom stereocenters. The van der Waals surface area contributed by atoms with Gasteiger partial charge in [0.15, 0.2) is 0 Å². The molecule has 0 bridgehead atoms. The fourth-order valence-electron chi connectivity index (χ4n) is 1.44. The second-order valence-electron chi connectivity index (χ2n) is 3.66. The van der Waals surface area contributed by atoms with Gasteiger partial charge >= 0.3 is 5.97 Å². The average molecular weight is 305 g/mol. The first-order valence-electron chi connectivity index (χ1n) is 5.02. The van der Waals surface area contributed by atoms with Crippen LogP contribution in [0.3, 0.4) is 0 Å². The van der Waals surface area contributed by atoms with E-state index in [4.69, 9.17) is 5.11 Å². The second kappa shape index (κ2) is 5.97. The van der Waals surface area contributed by atoms with Crippen molar-refractivity contribution >= 4 is 27.6 Å². The number of likely N-dealkylation sites (N-methyl/N-ethyl adjacent to an activating group) is 2. The highest BCUT2D eigenvalue weighted by molar-refractivity contribution is 9.10. The molecule has 0 amide bonds. The Morgan fingerprint density at radius 3 is 2.82 bits per heavy atom. The highest BCUT2D eigenvalue weighted by atomic mass is 79.9. The van der Waals surface area contributed by atoms with Crippen LogP contribution in [0, 0.1) is 5.82 Å². The summed E-state index contributed by atoms with van der Waals surface area (Å²) in [5, 5.41) is 11.6. The van der Waals surface area contributed by atoms with Crippen molar-refractivity contribution in [3.8, 4) is 0 Å². The summed E-state index contributed by atoms with van der Waals surface area (Å²) in [5.41, 5.74) is 0.362. The highest BCUT2D eigenvalue weighted by Gasteiger charge is 2.18. The molecule has 0 aliphatic rings. The summed E-state index contributed by atoms with van der Waals surface area (Å²) in [4.78, 5) is 12.4. The minimum atomic E-state index is -0.963. The zero-order chi connectivity index (χ0) is 13.0. The van der Waals surface area contributed by atoms with Crippen molar-refractivity contribution < 1.29 is 14.3 Å². The van der Waals surface area contributed by atoms with Crippen LogP contribution in [0.1, 0.15) is 0 Å². The summed E-state index contributed by atoms with van der Waals surface area (Å²) in [6.45, 7) is 0.180. The van der Waals surface area contributed by atoms with Crippen LogP contribution >= 0.6 is 15.9 Å². The van der Waals surface area contributed by atoms with E-state index < -0.39 is 12.0 Å². The lowest BCUT2D eigenvalue weighted by Gasteiger charge is -2.23. The number of anilines is 1. The quantitative estimate of drug-likeness (QED) is 0.869. The van der Waals surface area contributed by atoms with Crippen molar-refractivity contribution in [1.82, 2.24) is 5.32 Å². The Bertz CT molecular complexity index is 414. The highest BCUT2D eigenvalue weighted by Crippen LogP contribution is 2.23. The molecule has 94 valence electrons. The van der Waals surface area contributed by atoms with Gasteiger partial charge in [-0.2, -0.15) is 0 Å². The maximum atomic E-state index is 13.5. The largest absolute Gasteiger partial charge is 0.480 e. The number of halogens is 2. The summed E-state index contributed by atoms with van der Waals surface area (Å²) in [6.07, 6.45) is 0. The van der Waals surface area contributed by atoms with Gasteiger partial charge in [0.05, 0.1) is 5.69 Å². The fraction of sp³-hybridized carbons (Fsp3) is 0.364. The van der Waals surface area contributed by atoms with Crippen LogP contribution in [0.15, 0.2) is 22.7 Å². The Morgan fingerprint density at radius 1 is 1.65 bits per heavy atom. The summed E-state index contributed by atoms with van der Waals surface area (Å²) in [6, 6.07) is 3.81. The van der Waals surface area contributed by atoms with Crippen LogP contribution in [0.25, 0.3) is 0 Å². The second-order valence-corrected chi connectivity index (χ2v) is 4.57. The summed E-state index contributed by atoms with van der Waals surface area (Å²) in [5.74, 6) is -1.34. The number of hydrogen-bond donors (Lipinski definition) is 2. The van der Waals surface area contributed by atoms with Crippen molar-refractivity contribution in [1.29, 1.82) is 0 Å². The Kier molecular flexibility index (Phi) is 4.89. The van der Waals surface area contributed by atoms with Gasteiger partial charge in [0.25, 0.3) is 0 Å². The van der Waals surface area contributed by atoms with Crippen LogP contribution < -0.4 is 10.2 Å². The molecule has 6 heteroatoms. The maximum Gasteiger partial charge on any atom is 0.322 e. The molecule has 4 nitrogen and oxygen atoms in total. The zero-order valence-electron chi connectivity index (χ0n) is 9.58. The average Bonchev–Trinajstić information content (AvgIpc) is 2.28. The number of benzene rings is 1. The van der Waals surface area contributed by atoms with Crippen molar-refractivity contribution in [2.45, 2.75) is 6.04 Å². The SMILES string of the molecule is CNC(CN(C)c1cc(Br)ccc1F)C(=O)O. The normalized spacial score (nSPS) is 12.2. The summed E-state index contributed by atoms with van der Waals surface area (Å²) in [7, 11) is 3.21. The van der Waals surface area contributed by atoms with E-state index in [1.54, 1.807) is 31.1 Å². The smallest absolute Gasteiger partial charge is 0.322 e. The van der Waals surface area contributed by atoms with Crippen LogP contribution in [0.2, 0.25) is 0 Å². The molecule has 1 aromatic carbocycles. The molecular weight excluding hydrogens is 291 g/mol. The standard InChI is InChI=1S/C11H14BrFN2O2/c1-14-9(11(16)17)6-15(2)10-5-7(12)3-4-8(10)13/h3-5,9,14H,6H2,1-2H3,(H,16,17). The van der Waals surface area contributed by atoms with Gasteiger partial charge in [0.2, 0.25) is 0 Å². The van der Waals surface area contributed by atoms with Crippen molar-refractivity contribution in [2.24, 2.45) is 0 Å². The number of nitrogens with one attached hydrogen (secondary N) is 1. The molecular formula is C11H14BrFN2O2. The van der Waals surface area contributed by atoms with E-state index in [9.17, 15) is 9.18 Å². The van der Waals surface area contributed by atoms with Gasteiger partial charge in [-0.25, -0.2) is 4.39 Å². The van der Waals surface area contributed by atoms with Gasteiger partial charge in [-0.15, -0.1) is 0 Å². The van der Waals surface area contributed by atoms with E-state index in [0.29, 0.717) is 5.69 Å². The maximum absolute atomic E-state index is 13.5. The molecule has 2 N–H and O–H groups in total. The first-order valence-corrected chi connectivity index (χ1v) is 5.81. The van der Waals surface area contributed by atoms with E-state index in [-0.39, 0.29) is 12.4 Å². The lowest BCUT2D eigenvalue weighted by Crippen LogP contribution is -2.43. The van der Waals surface area contributed by atoms with Gasteiger partial charge in [0, 0.05) is 18.1 Å². The molecule has 17 heavy (non-hydrogen) atoms. The molecule has 0 spiro atoms. The molecule has 0 fully saturated rings. The van der Waals surface area contributed by atoms with Gasteiger partial charge < -0.3 is 15.3 Å². The van der Waals surface area contributed by atoms with E-state index in [1.165, 1.54) is 6.07 Å². The summed E-state index contributed by atoms with van der Waals surface area (Å²) < 4.78 is 14.3. The Morgan fingerprint density at radius 2 is 2.29 bits per heavy atom. The molecule has 0 heterocycles. The lowest BCUT2D eigenvalue weighted by molar-refractivity contribution is -0.139. The Balaban J connectivity index is 2.85. The number of carboxylic acid groups (broad SMARTS) is 1. The first-order chi connectivity index (χ1) is 7.95. The van der Waals surface area contributed by atoms with Gasteiger partial charge in [-0.3, -0.25) is 4.79 Å². The monoisotopic (exact) mass is 304 g/mol. The van der Waals surface area contributed by atoms with Crippen LogP contribution in [0.4, 0.5) is 10.1 Å². The molecule has 1 aromatic rings. The zero-order valence-corrected chi connectivity index (χ0v) is 11.2. The van der Waals surface area contributed by atoms with Crippen molar-refractivity contribution in [2.75, 3.05) is 25.5 Å². The van der Waals surface area contributed by atoms with Gasteiger partial charge in [-0.05, 0) is 25.2 Å². The fourth-order valence-corrected chi connectivity index (χ4v) is 1.79. The number of aliphatic carboxylic acids is 1. The van der Waals surface area contributed by atoms with Crippen LogP contribution in [-0.4, -0.2) is 37.8 Å². The molecule has 0 aromatic heterocycles. The van der Waals surface area contributed by atoms with E-state index in [1.807, 2.05) is 0 Å². The van der Waals surface area contributed by atoms with Gasteiger partial charge in [-0.1, -0.05) is 15.9 Å². The molecule has 0 aliphatic heterocycles. The van der Waals surface area contributed by atoms with Crippen LogP contribution in [-0.2, 0) is 4.79 Å². The number of carboxylic acids is 1. The third-order valence-electron chi connectivity index (χ3n) is 2.42. The number of carbonyl (C=O) groups is 1. The number of nitrogens with zero attached hydrogens (tertiary/aromatic N) is 1. The minimum Gasteiger partial charge on any atom is -0.480 e. The van der Waals surface area contributed by atoms with E-state index in [2.05, 4.69) is 21.2 Å². The molecule has 0 saturated heterocycles. The molecule has 0 radical (unpaired) electrons. The predicted molar refractivity (Wildman–Crippen MR) is 67.9 cm³/mol. The molecule has 1 atom stereocenters. The first kappa shape index (κ1) is 13.9. The molecule has 1 rings (SSSR count). The lowest BCUT2D eigenvalue weighted by atomic mass is 10.2. The molecule has 0 aliphatic carbocycles. The molecule has 0 saturated carbocycles. The number of rotatable bonds is 5. The Hall–Kier alpha value is -1.14. The van der Waals surface area contributed by atoms with E-state index in [0.717, 1.165) is 4.47 Å². The predicted octanol–water partition coefficient (Wildman–Crippen LogP) is 1.70. The van der Waals surface area contributed by atoms with E-state index >= 15 is 0 Å².